The van der Waals surface area contributed by atoms with Crippen LogP contribution in [0.15, 0.2) is 24.3 Å². The van der Waals surface area contributed by atoms with Gasteiger partial charge in [0.25, 0.3) is 0 Å². The first-order valence-electron chi connectivity index (χ1n) is 4.99. The van der Waals surface area contributed by atoms with E-state index >= 15 is 0 Å². The zero-order chi connectivity index (χ0) is 12.0. The minimum atomic E-state index is -0.835. The van der Waals surface area contributed by atoms with Crippen molar-refractivity contribution in [1.82, 2.24) is 0 Å². The molecule has 0 fully saturated rings. The fourth-order valence-electron chi connectivity index (χ4n) is 1.53. The van der Waals surface area contributed by atoms with Crippen molar-refractivity contribution in [3.63, 3.8) is 0 Å². The van der Waals surface area contributed by atoms with Crippen molar-refractivity contribution in [3.8, 4) is 0 Å². The number of rotatable bonds is 6. The van der Waals surface area contributed by atoms with Gasteiger partial charge in [-0.05, 0) is 11.1 Å². The van der Waals surface area contributed by atoms with Gasteiger partial charge in [0, 0.05) is 14.2 Å². The molecule has 1 unspecified atom stereocenters. The first-order valence-corrected chi connectivity index (χ1v) is 4.99. The van der Waals surface area contributed by atoms with Gasteiger partial charge in [-0.1, -0.05) is 24.3 Å². The van der Waals surface area contributed by atoms with Crippen LogP contribution in [0.5, 0.6) is 0 Å². The summed E-state index contributed by atoms with van der Waals surface area (Å²) in [6, 6.07) is 7.35. The second-order valence-electron chi connectivity index (χ2n) is 3.50. The number of carboxylic acid groups (broad SMARTS) is 1. The molecular weight excluding hydrogens is 208 g/mol. The summed E-state index contributed by atoms with van der Waals surface area (Å²) in [6.07, 6.45) is -0.129. The second-order valence-corrected chi connectivity index (χ2v) is 3.50. The van der Waals surface area contributed by atoms with Gasteiger partial charge in [0.15, 0.2) is 0 Å². The van der Waals surface area contributed by atoms with Crippen LogP contribution in [0.4, 0.5) is 0 Å². The Morgan fingerprint density at radius 1 is 1.44 bits per heavy atom. The summed E-state index contributed by atoms with van der Waals surface area (Å²) < 4.78 is 10.3. The molecule has 0 heterocycles. The first kappa shape index (κ1) is 12.7. The highest BCUT2D eigenvalue weighted by Gasteiger charge is 2.11. The van der Waals surface area contributed by atoms with Gasteiger partial charge in [0.2, 0.25) is 0 Å². The van der Waals surface area contributed by atoms with E-state index in [0.29, 0.717) is 6.61 Å². The molecule has 1 N–H and O–H groups in total. The van der Waals surface area contributed by atoms with E-state index in [9.17, 15) is 4.79 Å². The average molecular weight is 224 g/mol. The Kier molecular flexibility index (Phi) is 4.95. The lowest BCUT2D eigenvalue weighted by Crippen LogP contribution is -2.09. The molecule has 4 heteroatoms. The third-order valence-corrected chi connectivity index (χ3v) is 2.28. The van der Waals surface area contributed by atoms with Crippen LogP contribution < -0.4 is 0 Å². The first-order chi connectivity index (χ1) is 7.67. The Morgan fingerprint density at radius 2 is 2.19 bits per heavy atom. The maximum absolute atomic E-state index is 10.6. The normalized spacial score (nSPS) is 12.4. The van der Waals surface area contributed by atoms with E-state index in [1.807, 2.05) is 18.2 Å². The molecule has 0 amide bonds. The molecule has 0 aliphatic heterocycles. The maximum Gasteiger partial charge on any atom is 0.307 e. The molecular formula is C12H16O4. The molecule has 4 nitrogen and oxygen atoms in total. The molecule has 0 aromatic heterocycles. The Balaban J connectivity index is 2.83. The number of methoxy groups -OCH3 is 2. The van der Waals surface area contributed by atoms with Crippen LogP contribution in [-0.2, 0) is 20.7 Å². The Labute approximate surface area is 94.8 Å². The Bertz CT molecular complexity index is 349. The van der Waals surface area contributed by atoms with E-state index in [2.05, 4.69) is 0 Å². The van der Waals surface area contributed by atoms with E-state index in [1.54, 1.807) is 20.3 Å². The van der Waals surface area contributed by atoms with Crippen molar-refractivity contribution in [2.75, 3.05) is 20.8 Å². The molecule has 0 aliphatic carbocycles. The van der Waals surface area contributed by atoms with Gasteiger partial charge >= 0.3 is 5.97 Å². The molecule has 1 rings (SSSR count). The number of benzene rings is 1. The largest absolute Gasteiger partial charge is 0.481 e. The van der Waals surface area contributed by atoms with E-state index < -0.39 is 5.97 Å². The molecule has 0 aliphatic rings. The second kappa shape index (κ2) is 6.25. The maximum atomic E-state index is 10.6. The lowest BCUT2D eigenvalue weighted by Gasteiger charge is -2.15. The van der Waals surface area contributed by atoms with Crippen molar-refractivity contribution in [1.29, 1.82) is 0 Å². The highest BCUT2D eigenvalue weighted by atomic mass is 16.5. The Hall–Kier alpha value is -1.39. The van der Waals surface area contributed by atoms with E-state index in [0.717, 1.165) is 11.1 Å². The van der Waals surface area contributed by atoms with Crippen molar-refractivity contribution >= 4 is 5.97 Å². The SMILES string of the molecule is COCC(OC)c1cccc(CC(=O)O)c1. The zero-order valence-electron chi connectivity index (χ0n) is 9.47. The third-order valence-electron chi connectivity index (χ3n) is 2.28. The third kappa shape index (κ3) is 3.64. The van der Waals surface area contributed by atoms with Crippen LogP contribution in [0, 0.1) is 0 Å². The topological polar surface area (TPSA) is 55.8 Å². The lowest BCUT2D eigenvalue weighted by molar-refractivity contribution is -0.136. The van der Waals surface area contributed by atoms with Gasteiger partial charge in [0.1, 0.15) is 6.10 Å². The number of hydrogen-bond acceptors (Lipinski definition) is 3. The molecule has 0 saturated heterocycles. The highest BCUT2D eigenvalue weighted by molar-refractivity contribution is 5.70. The van der Waals surface area contributed by atoms with E-state index in [1.165, 1.54) is 0 Å². The summed E-state index contributed by atoms with van der Waals surface area (Å²) in [5.74, 6) is -0.835. The smallest absolute Gasteiger partial charge is 0.307 e. The minimum absolute atomic E-state index is 0.0251. The predicted octanol–water partition coefficient (Wildman–Crippen LogP) is 1.65. The van der Waals surface area contributed by atoms with Crippen LogP contribution in [-0.4, -0.2) is 31.9 Å². The predicted molar refractivity (Wildman–Crippen MR) is 59.4 cm³/mol. The van der Waals surface area contributed by atoms with Crippen molar-refractivity contribution in [3.05, 3.63) is 35.4 Å². The standard InChI is InChI=1S/C12H16O4/c1-15-8-11(16-2)10-5-3-4-9(6-10)7-12(13)14/h3-6,11H,7-8H2,1-2H3,(H,13,14). The summed E-state index contributed by atoms with van der Waals surface area (Å²) in [5.41, 5.74) is 1.70. The van der Waals surface area contributed by atoms with Crippen molar-refractivity contribution < 1.29 is 19.4 Å². The van der Waals surface area contributed by atoms with Gasteiger partial charge in [-0.3, -0.25) is 4.79 Å². The van der Waals surface area contributed by atoms with Crippen LogP contribution in [0.3, 0.4) is 0 Å². The molecule has 1 aromatic carbocycles. The highest BCUT2D eigenvalue weighted by Crippen LogP contribution is 2.18. The van der Waals surface area contributed by atoms with Crippen LogP contribution >= 0.6 is 0 Å². The van der Waals surface area contributed by atoms with Crippen LogP contribution in [0.25, 0.3) is 0 Å². The molecule has 0 spiro atoms. The van der Waals surface area contributed by atoms with Gasteiger partial charge in [-0.25, -0.2) is 0 Å². The van der Waals surface area contributed by atoms with Gasteiger partial charge in [0.05, 0.1) is 13.0 Å². The number of carbonyl (C=O) groups is 1. The zero-order valence-corrected chi connectivity index (χ0v) is 9.47. The van der Waals surface area contributed by atoms with Gasteiger partial charge in [-0.2, -0.15) is 0 Å². The summed E-state index contributed by atoms with van der Waals surface area (Å²) in [7, 11) is 3.21. The molecule has 1 aromatic rings. The van der Waals surface area contributed by atoms with Crippen molar-refractivity contribution in [2.24, 2.45) is 0 Å². The molecule has 0 saturated carbocycles. The molecule has 0 bridgehead atoms. The monoisotopic (exact) mass is 224 g/mol. The van der Waals surface area contributed by atoms with Crippen LogP contribution in [0.1, 0.15) is 17.2 Å². The molecule has 88 valence electrons. The molecule has 1 atom stereocenters. The Morgan fingerprint density at radius 3 is 2.75 bits per heavy atom. The summed E-state index contributed by atoms with van der Waals surface area (Å²) in [6.45, 7) is 0.451. The fraction of sp³-hybridized carbons (Fsp3) is 0.417. The number of ether oxygens (including phenoxy) is 2. The van der Waals surface area contributed by atoms with Gasteiger partial charge < -0.3 is 14.6 Å². The van der Waals surface area contributed by atoms with Crippen LogP contribution in [0.2, 0.25) is 0 Å². The fourth-order valence-corrected chi connectivity index (χ4v) is 1.53. The quantitative estimate of drug-likeness (QED) is 0.798. The van der Waals surface area contributed by atoms with E-state index in [-0.39, 0.29) is 12.5 Å². The summed E-state index contributed by atoms with van der Waals surface area (Å²) >= 11 is 0. The number of carboxylic acids is 1. The number of hydrogen-bond donors (Lipinski definition) is 1. The number of aliphatic carboxylic acids is 1. The lowest BCUT2D eigenvalue weighted by atomic mass is 10.0. The summed E-state index contributed by atoms with van der Waals surface area (Å²) in [4.78, 5) is 10.6. The molecule has 16 heavy (non-hydrogen) atoms. The average Bonchev–Trinajstić information content (AvgIpc) is 2.25. The van der Waals surface area contributed by atoms with Gasteiger partial charge in [-0.15, -0.1) is 0 Å². The van der Waals surface area contributed by atoms with Crippen molar-refractivity contribution in [2.45, 2.75) is 12.5 Å². The molecule has 0 radical (unpaired) electrons. The minimum Gasteiger partial charge on any atom is -0.481 e. The summed E-state index contributed by atoms with van der Waals surface area (Å²) in [5, 5.41) is 8.70. The van der Waals surface area contributed by atoms with E-state index in [4.69, 9.17) is 14.6 Å².